The molecule has 0 aromatic rings. The minimum absolute atomic E-state index is 0.00926. The molecule has 2 nitrogen and oxygen atoms in total. The molecule has 0 aromatic carbocycles. The van der Waals surface area contributed by atoms with Crippen molar-refractivity contribution in [2.75, 3.05) is 5.75 Å². The van der Waals surface area contributed by atoms with Crippen LogP contribution in [-0.4, -0.2) is 16.7 Å². The van der Waals surface area contributed by atoms with Crippen molar-refractivity contribution in [3.8, 4) is 0 Å². The first kappa shape index (κ1) is 5.18. The van der Waals surface area contributed by atoms with E-state index in [1.807, 2.05) is 0 Å². The molecule has 0 radical (unpaired) electrons. The van der Waals surface area contributed by atoms with E-state index >= 15 is 0 Å². The Bertz CT molecular complexity index is 103. The van der Waals surface area contributed by atoms with Crippen LogP contribution >= 0.6 is 11.8 Å². The Labute approximate surface area is 49.9 Å². The molecule has 1 aliphatic rings. The molecular formula is C3H4NOS2+. The molecule has 7 heavy (non-hydrogen) atoms. The minimum Gasteiger partial charge on any atom is -0.220 e. The zero-order chi connectivity index (χ0) is 5.11. The van der Waals surface area contributed by atoms with Crippen molar-refractivity contribution in [1.82, 2.24) is 0 Å². The van der Waals surface area contributed by atoms with E-state index in [1.165, 1.54) is 0 Å². The lowest BCUT2D eigenvalue weighted by Crippen LogP contribution is -1.98. The lowest BCUT2D eigenvalue weighted by Gasteiger charge is -1.71. The smallest absolute Gasteiger partial charge is 0.220 e. The van der Waals surface area contributed by atoms with Gasteiger partial charge in [-0.2, -0.15) is 0 Å². The fourth-order valence-corrected chi connectivity index (χ4v) is 1.55. The third kappa shape index (κ3) is 1.21. The maximum Gasteiger partial charge on any atom is 0.488 e. The number of rotatable bonds is 1. The minimum atomic E-state index is -0.00926. The van der Waals surface area contributed by atoms with Gasteiger partial charge in [-0.1, -0.05) is 0 Å². The van der Waals surface area contributed by atoms with Crippen molar-refractivity contribution in [2.24, 2.45) is 4.99 Å². The second-order valence-electron chi connectivity index (χ2n) is 1.14. The van der Waals surface area contributed by atoms with E-state index in [4.69, 9.17) is 0 Å². The molecule has 0 aromatic heterocycles. The van der Waals surface area contributed by atoms with Gasteiger partial charge in [0.05, 0.1) is 11.3 Å². The van der Waals surface area contributed by atoms with Gasteiger partial charge in [-0.05, 0) is 0 Å². The SMILES string of the molecule is O=[S+]C1CSC=N1. The summed E-state index contributed by atoms with van der Waals surface area (Å²) in [6.07, 6.45) is 0. The Hall–Kier alpha value is 0.0400. The van der Waals surface area contributed by atoms with E-state index in [0.29, 0.717) is 11.7 Å². The van der Waals surface area contributed by atoms with Crippen molar-refractivity contribution in [2.45, 2.75) is 5.37 Å². The Morgan fingerprint density at radius 2 is 2.86 bits per heavy atom. The number of thioether (sulfide) groups is 1. The largest absolute Gasteiger partial charge is 0.488 e. The summed E-state index contributed by atoms with van der Waals surface area (Å²) in [5.74, 6) is 0.855. The molecule has 4 heteroatoms. The van der Waals surface area contributed by atoms with Gasteiger partial charge in [0.15, 0.2) is 0 Å². The van der Waals surface area contributed by atoms with Crippen LogP contribution in [0.25, 0.3) is 0 Å². The number of aliphatic imine (C=N–C) groups is 1. The van der Waals surface area contributed by atoms with Crippen LogP contribution in [0.15, 0.2) is 4.99 Å². The molecule has 0 N–H and O–H groups in total. The summed E-state index contributed by atoms with van der Waals surface area (Å²) in [4.78, 5) is 3.84. The average molecular weight is 134 g/mol. The van der Waals surface area contributed by atoms with Crippen molar-refractivity contribution < 1.29 is 4.21 Å². The van der Waals surface area contributed by atoms with Crippen LogP contribution < -0.4 is 0 Å². The van der Waals surface area contributed by atoms with Crippen molar-refractivity contribution in [3.63, 3.8) is 0 Å². The summed E-state index contributed by atoms with van der Waals surface area (Å²) in [5, 5.41) is -0.00926. The highest BCUT2D eigenvalue weighted by atomic mass is 32.2. The van der Waals surface area contributed by atoms with Crippen LogP contribution in [0.2, 0.25) is 0 Å². The Morgan fingerprint density at radius 1 is 2.00 bits per heavy atom. The molecule has 0 bridgehead atoms. The normalized spacial score (nSPS) is 28.3. The van der Waals surface area contributed by atoms with Crippen LogP contribution in [0.4, 0.5) is 0 Å². The molecule has 1 atom stereocenters. The molecule has 0 saturated heterocycles. The van der Waals surface area contributed by atoms with Crippen LogP contribution in [0.1, 0.15) is 0 Å². The molecule has 1 aliphatic heterocycles. The molecule has 0 amide bonds. The third-order valence-corrected chi connectivity index (χ3v) is 2.15. The average Bonchev–Trinajstić information content (AvgIpc) is 2.14. The van der Waals surface area contributed by atoms with Gasteiger partial charge in [0.25, 0.3) is 0 Å². The molecule has 0 spiro atoms. The summed E-state index contributed by atoms with van der Waals surface area (Å²) in [6.45, 7) is 0. The van der Waals surface area contributed by atoms with E-state index < -0.39 is 0 Å². The van der Waals surface area contributed by atoms with Gasteiger partial charge in [0.1, 0.15) is 0 Å². The first-order valence-electron chi connectivity index (χ1n) is 1.85. The highest BCUT2D eigenvalue weighted by Gasteiger charge is 2.22. The van der Waals surface area contributed by atoms with E-state index in [0.717, 1.165) is 5.75 Å². The summed E-state index contributed by atoms with van der Waals surface area (Å²) in [6, 6.07) is 0. The van der Waals surface area contributed by atoms with Gasteiger partial charge in [-0.25, -0.2) is 4.99 Å². The van der Waals surface area contributed by atoms with Crippen LogP contribution in [0, 0.1) is 0 Å². The molecule has 0 aliphatic carbocycles. The van der Waals surface area contributed by atoms with Crippen molar-refractivity contribution in [3.05, 3.63) is 0 Å². The van der Waals surface area contributed by atoms with Gasteiger partial charge in [-0.15, -0.1) is 11.8 Å². The topological polar surface area (TPSA) is 29.4 Å². The molecule has 0 fully saturated rings. The fraction of sp³-hybridized carbons (Fsp3) is 0.667. The quantitative estimate of drug-likeness (QED) is 0.489. The predicted octanol–water partition coefficient (Wildman–Crippen LogP) is 0.516. The van der Waals surface area contributed by atoms with Crippen LogP contribution in [0.3, 0.4) is 0 Å². The van der Waals surface area contributed by atoms with Gasteiger partial charge in [-0.3, -0.25) is 0 Å². The van der Waals surface area contributed by atoms with Gasteiger partial charge in [0, 0.05) is 4.21 Å². The first-order valence-corrected chi connectivity index (χ1v) is 3.70. The molecule has 0 saturated carbocycles. The molecular weight excluding hydrogens is 130 g/mol. The molecule has 38 valence electrons. The molecule has 1 rings (SSSR count). The molecule has 1 unspecified atom stereocenters. The van der Waals surface area contributed by atoms with E-state index in [9.17, 15) is 4.21 Å². The van der Waals surface area contributed by atoms with Crippen molar-refractivity contribution >= 4 is 29.0 Å². The highest BCUT2D eigenvalue weighted by molar-refractivity contribution is 8.12. The van der Waals surface area contributed by atoms with E-state index in [-0.39, 0.29) is 5.37 Å². The molecule has 1 heterocycles. The van der Waals surface area contributed by atoms with Crippen LogP contribution in [-0.2, 0) is 15.9 Å². The third-order valence-electron chi connectivity index (χ3n) is 0.652. The lowest BCUT2D eigenvalue weighted by molar-refractivity contribution is 0.601. The summed E-state index contributed by atoms with van der Waals surface area (Å²) >= 11 is 2.16. The zero-order valence-corrected chi connectivity index (χ0v) is 5.17. The Balaban J connectivity index is 2.42. The standard InChI is InChI=1S/C3H4NOS2/c5-7-3-1-6-2-4-3/h2-3H,1H2/q+1. The summed E-state index contributed by atoms with van der Waals surface area (Å²) < 4.78 is 9.92. The monoisotopic (exact) mass is 134 g/mol. The zero-order valence-electron chi connectivity index (χ0n) is 3.53. The van der Waals surface area contributed by atoms with Gasteiger partial charge in [0.2, 0.25) is 0 Å². The maximum absolute atomic E-state index is 9.92. The van der Waals surface area contributed by atoms with Crippen molar-refractivity contribution in [1.29, 1.82) is 0 Å². The first-order chi connectivity index (χ1) is 3.43. The second-order valence-corrected chi connectivity index (χ2v) is 2.75. The Morgan fingerprint density at radius 3 is 3.14 bits per heavy atom. The van der Waals surface area contributed by atoms with E-state index in [2.05, 4.69) is 4.99 Å². The van der Waals surface area contributed by atoms with Gasteiger partial charge >= 0.3 is 17.0 Å². The summed E-state index contributed by atoms with van der Waals surface area (Å²) in [5.41, 5.74) is 1.73. The van der Waals surface area contributed by atoms with Gasteiger partial charge < -0.3 is 0 Å². The van der Waals surface area contributed by atoms with E-state index in [1.54, 1.807) is 17.3 Å². The lowest BCUT2D eigenvalue weighted by atomic mass is 10.8. The fourth-order valence-electron chi connectivity index (χ4n) is 0.332. The predicted molar refractivity (Wildman–Crippen MR) is 32.8 cm³/mol. The number of nitrogens with zero attached hydrogens (tertiary/aromatic N) is 1. The Kier molecular flexibility index (Phi) is 1.76. The highest BCUT2D eigenvalue weighted by Crippen LogP contribution is 2.09. The maximum atomic E-state index is 9.92. The number of hydrogen-bond acceptors (Lipinski definition) is 3. The summed E-state index contributed by atoms with van der Waals surface area (Å²) in [7, 11) is 0. The number of hydrogen-bond donors (Lipinski definition) is 0. The second kappa shape index (κ2) is 2.37. The van der Waals surface area contributed by atoms with Crippen LogP contribution in [0.5, 0.6) is 0 Å².